The number of para-hydroxylation sites is 1. The summed E-state index contributed by atoms with van der Waals surface area (Å²) in [6, 6.07) is 13.0. The zero-order valence-corrected chi connectivity index (χ0v) is 21.9. The van der Waals surface area contributed by atoms with Crippen molar-refractivity contribution in [1.29, 1.82) is 0 Å². The van der Waals surface area contributed by atoms with Crippen molar-refractivity contribution in [3.8, 4) is 27.8 Å². The number of anilines is 1. The molecule has 9 nitrogen and oxygen atoms in total. The van der Waals surface area contributed by atoms with Gasteiger partial charge in [-0.1, -0.05) is 23.5 Å². The molecule has 0 spiro atoms. The maximum absolute atomic E-state index is 13.2. The van der Waals surface area contributed by atoms with E-state index in [1.54, 1.807) is 12.1 Å². The Kier molecular flexibility index (Phi) is 7.50. The Balaban J connectivity index is 1.41. The van der Waals surface area contributed by atoms with Crippen LogP contribution >= 0.6 is 11.3 Å². The highest BCUT2D eigenvalue weighted by Crippen LogP contribution is 2.39. The normalized spacial score (nSPS) is 13.9. The Hall–Kier alpha value is -3.73. The number of benzene rings is 2. The van der Waals surface area contributed by atoms with Gasteiger partial charge in [-0.25, -0.2) is 9.97 Å². The Morgan fingerprint density at radius 1 is 1.05 bits per heavy atom. The molecule has 10 heteroatoms. The minimum Gasteiger partial charge on any atom is -0.493 e. The van der Waals surface area contributed by atoms with Gasteiger partial charge in [0.25, 0.3) is 5.91 Å². The maximum atomic E-state index is 13.2. The molecule has 5 rings (SSSR count). The van der Waals surface area contributed by atoms with E-state index in [2.05, 4.69) is 26.6 Å². The van der Waals surface area contributed by atoms with Gasteiger partial charge >= 0.3 is 0 Å². The molecule has 2 aromatic heterocycles. The Morgan fingerprint density at radius 3 is 2.49 bits per heavy atom. The predicted molar refractivity (Wildman–Crippen MR) is 145 cm³/mol. The fraction of sp³-hybridized carbons (Fsp3) is 0.296. The number of fused-ring (bicyclic) bond motifs is 1. The standard InChI is InChI=1S/C27H29N5O4S/c1-34-22-13-18(14-23(35-2)24(22)36-3)25(33)30-20-7-5-4-6-19(20)26-31-21-12-17(15-29-27(21)37-26)16-32-10-8-28-9-11-32/h4-7,12-15,28H,8-11,16H2,1-3H3,(H,30,33). The molecule has 0 bridgehead atoms. The van der Waals surface area contributed by atoms with E-state index < -0.39 is 0 Å². The zero-order valence-electron chi connectivity index (χ0n) is 21.0. The molecule has 2 aromatic carbocycles. The minimum absolute atomic E-state index is 0.302. The van der Waals surface area contributed by atoms with Gasteiger partial charge in [-0.2, -0.15) is 0 Å². The van der Waals surface area contributed by atoms with Crippen LogP contribution in [0.3, 0.4) is 0 Å². The number of rotatable bonds is 8. The number of nitrogens with zero attached hydrogens (tertiary/aromatic N) is 3. The topological polar surface area (TPSA) is 97.8 Å². The molecular weight excluding hydrogens is 490 g/mol. The molecule has 1 fully saturated rings. The van der Waals surface area contributed by atoms with Crippen molar-refractivity contribution in [3.05, 3.63) is 59.8 Å². The third-order valence-electron chi connectivity index (χ3n) is 6.25. The van der Waals surface area contributed by atoms with E-state index >= 15 is 0 Å². The van der Waals surface area contributed by atoms with Crippen LogP contribution in [0.4, 0.5) is 5.69 Å². The molecular formula is C27H29N5O4S. The van der Waals surface area contributed by atoms with Crippen LogP contribution in [0, 0.1) is 0 Å². The van der Waals surface area contributed by atoms with Crippen LogP contribution < -0.4 is 24.8 Å². The van der Waals surface area contributed by atoms with E-state index in [0.29, 0.717) is 28.5 Å². The Bertz CT molecular complexity index is 1390. The number of pyridine rings is 1. The van der Waals surface area contributed by atoms with Gasteiger partial charge in [0.05, 0.1) is 27.0 Å². The number of hydrogen-bond donors (Lipinski definition) is 2. The lowest BCUT2D eigenvalue weighted by molar-refractivity contribution is 0.102. The molecule has 2 N–H and O–H groups in total. The summed E-state index contributed by atoms with van der Waals surface area (Å²) in [6.45, 7) is 4.93. The number of carbonyl (C=O) groups is 1. The predicted octanol–water partition coefficient (Wildman–Crippen LogP) is 4.04. The molecule has 0 aliphatic carbocycles. The van der Waals surface area contributed by atoms with E-state index in [1.807, 2.05) is 30.5 Å². The summed E-state index contributed by atoms with van der Waals surface area (Å²) in [5.74, 6) is 0.952. The van der Waals surface area contributed by atoms with Crippen LogP contribution in [-0.4, -0.2) is 68.3 Å². The Labute approximate surface area is 219 Å². The highest BCUT2D eigenvalue weighted by atomic mass is 32.1. The van der Waals surface area contributed by atoms with Gasteiger partial charge < -0.3 is 24.8 Å². The molecule has 1 saturated heterocycles. The number of piperazine rings is 1. The summed E-state index contributed by atoms with van der Waals surface area (Å²) in [6.07, 6.45) is 1.93. The molecule has 1 amide bonds. The second-order valence-electron chi connectivity index (χ2n) is 8.63. The van der Waals surface area contributed by atoms with Crippen LogP contribution in [0.1, 0.15) is 15.9 Å². The largest absolute Gasteiger partial charge is 0.493 e. The molecule has 1 aliphatic rings. The molecule has 4 aromatic rings. The number of thiazole rings is 1. The van der Waals surface area contributed by atoms with Crippen molar-refractivity contribution >= 4 is 33.3 Å². The van der Waals surface area contributed by atoms with Crippen molar-refractivity contribution in [2.75, 3.05) is 52.8 Å². The highest BCUT2D eigenvalue weighted by molar-refractivity contribution is 7.21. The van der Waals surface area contributed by atoms with Crippen molar-refractivity contribution in [3.63, 3.8) is 0 Å². The van der Waals surface area contributed by atoms with Crippen molar-refractivity contribution < 1.29 is 19.0 Å². The van der Waals surface area contributed by atoms with Gasteiger partial charge in [0.15, 0.2) is 11.5 Å². The van der Waals surface area contributed by atoms with E-state index in [0.717, 1.165) is 59.2 Å². The first-order valence-electron chi connectivity index (χ1n) is 12.0. The van der Waals surface area contributed by atoms with Gasteiger partial charge in [-0.15, -0.1) is 0 Å². The Morgan fingerprint density at radius 2 is 1.78 bits per heavy atom. The number of methoxy groups -OCH3 is 3. The summed E-state index contributed by atoms with van der Waals surface area (Å²) >= 11 is 1.51. The third-order valence-corrected chi connectivity index (χ3v) is 7.27. The van der Waals surface area contributed by atoms with Gasteiger partial charge in [-0.3, -0.25) is 9.69 Å². The first kappa shape index (κ1) is 24.9. The molecule has 0 atom stereocenters. The van der Waals surface area contributed by atoms with E-state index in [1.165, 1.54) is 32.7 Å². The van der Waals surface area contributed by atoms with Gasteiger partial charge in [0, 0.05) is 50.0 Å². The van der Waals surface area contributed by atoms with E-state index in [9.17, 15) is 4.79 Å². The summed E-state index contributed by atoms with van der Waals surface area (Å²) in [5.41, 5.74) is 3.87. The van der Waals surface area contributed by atoms with E-state index in [4.69, 9.17) is 19.2 Å². The smallest absolute Gasteiger partial charge is 0.255 e. The van der Waals surface area contributed by atoms with Gasteiger partial charge in [0.2, 0.25) is 5.75 Å². The summed E-state index contributed by atoms with van der Waals surface area (Å²) in [4.78, 5) is 26.1. The first-order valence-corrected chi connectivity index (χ1v) is 12.8. The van der Waals surface area contributed by atoms with Crippen LogP contribution in [0.2, 0.25) is 0 Å². The number of carbonyl (C=O) groups excluding carboxylic acids is 1. The molecule has 37 heavy (non-hydrogen) atoms. The lowest BCUT2D eigenvalue weighted by atomic mass is 10.1. The molecule has 0 unspecified atom stereocenters. The summed E-state index contributed by atoms with van der Waals surface area (Å²) in [7, 11) is 4.56. The molecule has 0 radical (unpaired) electrons. The molecule has 192 valence electrons. The van der Waals surface area contributed by atoms with Crippen LogP contribution in [0.25, 0.3) is 20.9 Å². The fourth-order valence-electron chi connectivity index (χ4n) is 4.38. The molecule has 1 aliphatic heterocycles. The minimum atomic E-state index is -0.302. The number of nitrogens with one attached hydrogen (secondary N) is 2. The van der Waals surface area contributed by atoms with Gasteiger partial charge in [0.1, 0.15) is 15.4 Å². The number of aromatic nitrogens is 2. The average molecular weight is 520 g/mol. The van der Waals surface area contributed by atoms with Crippen molar-refractivity contribution in [2.24, 2.45) is 0 Å². The lowest BCUT2D eigenvalue weighted by Crippen LogP contribution is -2.42. The second-order valence-corrected chi connectivity index (χ2v) is 9.60. The second kappa shape index (κ2) is 11.1. The highest BCUT2D eigenvalue weighted by Gasteiger charge is 2.19. The number of ether oxygens (including phenoxy) is 3. The summed E-state index contributed by atoms with van der Waals surface area (Å²) in [5, 5.41) is 7.19. The summed E-state index contributed by atoms with van der Waals surface area (Å²) < 4.78 is 16.2. The molecule has 3 heterocycles. The van der Waals surface area contributed by atoms with Crippen LogP contribution in [0.5, 0.6) is 17.2 Å². The average Bonchev–Trinajstić information content (AvgIpc) is 3.36. The lowest BCUT2D eigenvalue weighted by Gasteiger charge is -2.26. The van der Waals surface area contributed by atoms with Crippen LogP contribution in [0.15, 0.2) is 48.7 Å². The van der Waals surface area contributed by atoms with E-state index in [-0.39, 0.29) is 5.91 Å². The monoisotopic (exact) mass is 519 g/mol. The SMILES string of the molecule is COc1cc(C(=O)Nc2ccccc2-c2nc3cc(CN4CCNCC4)cnc3s2)cc(OC)c1OC. The number of amides is 1. The van der Waals surface area contributed by atoms with Gasteiger partial charge in [-0.05, 0) is 35.9 Å². The third kappa shape index (κ3) is 5.36. The fourth-order valence-corrected chi connectivity index (χ4v) is 5.31. The maximum Gasteiger partial charge on any atom is 0.255 e. The zero-order chi connectivity index (χ0) is 25.8. The van der Waals surface area contributed by atoms with Crippen molar-refractivity contribution in [2.45, 2.75) is 6.54 Å². The van der Waals surface area contributed by atoms with Crippen molar-refractivity contribution in [1.82, 2.24) is 20.2 Å². The van der Waals surface area contributed by atoms with Crippen LogP contribution in [-0.2, 0) is 6.54 Å². The quantitative estimate of drug-likeness (QED) is 0.360. The molecule has 0 saturated carbocycles. The number of hydrogen-bond acceptors (Lipinski definition) is 9. The first-order chi connectivity index (χ1) is 18.1.